The molecule has 2 aliphatic rings. The normalized spacial score (nSPS) is 15.6. The highest BCUT2D eigenvalue weighted by Crippen LogP contribution is 2.34. The highest BCUT2D eigenvalue weighted by molar-refractivity contribution is 6.40. The summed E-state index contributed by atoms with van der Waals surface area (Å²) < 4.78 is 4.98. The molecule has 0 bridgehead atoms. The van der Waals surface area contributed by atoms with E-state index in [2.05, 4.69) is 5.10 Å². The Kier molecular flexibility index (Phi) is 5.31. The van der Waals surface area contributed by atoms with Crippen LogP contribution in [0.4, 0.5) is 11.4 Å². The minimum absolute atomic E-state index is 0.0471. The second kappa shape index (κ2) is 8.10. The van der Waals surface area contributed by atoms with Gasteiger partial charge in [0.1, 0.15) is 0 Å². The molecule has 0 spiro atoms. The zero-order chi connectivity index (χ0) is 23.0. The minimum Gasteiger partial charge on any atom is -0.478 e. The Bertz CT molecular complexity index is 1200. The van der Waals surface area contributed by atoms with Crippen LogP contribution in [0, 0.1) is 0 Å². The summed E-state index contributed by atoms with van der Waals surface area (Å²) in [5, 5.41) is 14.6. The van der Waals surface area contributed by atoms with Gasteiger partial charge >= 0.3 is 11.9 Å². The van der Waals surface area contributed by atoms with Crippen molar-refractivity contribution < 1.29 is 29.0 Å². The molecule has 9 nitrogen and oxygen atoms in total. The van der Waals surface area contributed by atoms with Gasteiger partial charge in [-0.25, -0.2) is 9.59 Å². The predicted molar refractivity (Wildman–Crippen MR) is 116 cm³/mol. The number of hydrogen-bond acceptors (Lipinski definition) is 6. The first-order valence-electron chi connectivity index (χ1n) is 9.88. The van der Waals surface area contributed by atoms with Gasteiger partial charge in [0.15, 0.2) is 5.84 Å². The van der Waals surface area contributed by atoms with E-state index in [0.717, 1.165) is 5.01 Å². The number of amidine groups is 1. The van der Waals surface area contributed by atoms with E-state index in [1.165, 1.54) is 29.2 Å². The van der Waals surface area contributed by atoms with Gasteiger partial charge in [0.05, 0.1) is 34.7 Å². The third-order valence-electron chi connectivity index (χ3n) is 5.12. The van der Waals surface area contributed by atoms with Gasteiger partial charge in [0, 0.05) is 6.42 Å². The summed E-state index contributed by atoms with van der Waals surface area (Å²) in [4.78, 5) is 50.3. The van der Waals surface area contributed by atoms with Crippen LogP contribution in [-0.4, -0.2) is 41.3 Å². The molecule has 0 saturated heterocycles. The molecule has 162 valence electrons. The molecule has 0 saturated carbocycles. The quantitative estimate of drug-likeness (QED) is 0.725. The second-order valence-corrected chi connectivity index (χ2v) is 7.22. The Morgan fingerprint density at radius 1 is 1.00 bits per heavy atom. The van der Waals surface area contributed by atoms with Crippen LogP contribution in [0.2, 0.25) is 0 Å². The van der Waals surface area contributed by atoms with E-state index < -0.39 is 17.8 Å². The van der Waals surface area contributed by atoms with Gasteiger partial charge in [-0.2, -0.15) is 5.01 Å². The molecule has 1 N–H and O–H groups in total. The lowest BCUT2D eigenvalue weighted by atomic mass is 9.98. The van der Waals surface area contributed by atoms with E-state index in [1.54, 1.807) is 38.1 Å². The van der Waals surface area contributed by atoms with E-state index in [4.69, 9.17) is 9.84 Å². The maximum atomic E-state index is 13.1. The lowest BCUT2D eigenvalue weighted by Crippen LogP contribution is -2.41. The molecule has 2 aromatic carbocycles. The fraction of sp³-hybridized carbons (Fsp3) is 0.174. The van der Waals surface area contributed by atoms with Crippen LogP contribution >= 0.6 is 0 Å². The van der Waals surface area contributed by atoms with E-state index in [1.807, 2.05) is 0 Å². The van der Waals surface area contributed by atoms with E-state index in [9.17, 15) is 19.2 Å². The fourth-order valence-electron chi connectivity index (χ4n) is 3.58. The number of rotatable bonds is 5. The van der Waals surface area contributed by atoms with Gasteiger partial charge in [-0.05, 0) is 68.0 Å². The summed E-state index contributed by atoms with van der Waals surface area (Å²) in [6.07, 6.45) is 0.0471. The molecule has 0 radical (unpaired) electrons. The number of esters is 1. The second-order valence-electron chi connectivity index (χ2n) is 7.22. The first kappa shape index (κ1) is 21.0. The molecule has 2 heterocycles. The Hall–Kier alpha value is -4.27. The number of benzene rings is 2. The minimum atomic E-state index is -1.08. The Morgan fingerprint density at radius 2 is 1.59 bits per heavy atom. The zero-order valence-corrected chi connectivity index (χ0v) is 17.4. The highest BCUT2D eigenvalue weighted by atomic mass is 16.5. The molecule has 32 heavy (non-hydrogen) atoms. The third kappa shape index (κ3) is 3.53. The standard InChI is InChI=1S/C23H19N3O6/c1-3-32-23(31)15-6-8-16(9-7-15)25-18(27)12-13(2)19-20(25)24-26(21(19)28)17-10-4-14(5-11-17)22(29)30/h4-11H,3,12H2,1-2H3,(H,29,30). The average molecular weight is 433 g/mol. The van der Waals surface area contributed by atoms with Crippen LogP contribution in [0.1, 0.15) is 41.0 Å². The van der Waals surface area contributed by atoms with Crippen LogP contribution < -0.4 is 9.91 Å². The van der Waals surface area contributed by atoms with Crippen LogP contribution in [0.3, 0.4) is 0 Å². The Morgan fingerprint density at radius 3 is 2.19 bits per heavy atom. The maximum Gasteiger partial charge on any atom is 0.338 e. The molecule has 2 amide bonds. The van der Waals surface area contributed by atoms with Crippen LogP contribution in [0.15, 0.2) is 64.8 Å². The Labute approximate surface area is 183 Å². The van der Waals surface area contributed by atoms with Crippen molar-refractivity contribution in [3.05, 3.63) is 70.8 Å². The van der Waals surface area contributed by atoms with Gasteiger partial charge < -0.3 is 9.84 Å². The molecular weight excluding hydrogens is 414 g/mol. The van der Waals surface area contributed by atoms with Crippen molar-refractivity contribution in [3.8, 4) is 0 Å². The van der Waals surface area contributed by atoms with Gasteiger partial charge in [0.2, 0.25) is 5.91 Å². The van der Waals surface area contributed by atoms with Crippen molar-refractivity contribution in [2.24, 2.45) is 5.10 Å². The molecule has 9 heteroatoms. The number of fused-ring (bicyclic) bond motifs is 1. The maximum absolute atomic E-state index is 13.1. The molecule has 0 atom stereocenters. The number of carboxylic acids is 1. The van der Waals surface area contributed by atoms with Crippen molar-refractivity contribution >= 4 is 41.0 Å². The number of anilines is 2. The van der Waals surface area contributed by atoms with Gasteiger partial charge in [-0.1, -0.05) is 0 Å². The number of carboxylic acid groups (broad SMARTS) is 1. The molecule has 2 aromatic rings. The predicted octanol–water partition coefficient (Wildman–Crippen LogP) is 2.98. The molecule has 4 rings (SSSR count). The zero-order valence-electron chi connectivity index (χ0n) is 17.4. The summed E-state index contributed by atoms with van der Waals surface area (Å²) in [5.41, 5.74) is 2.19. The highest BCUT2D eigenvalue weighted by Gasteiger charge is 2.42. The number of hydrazone groups is 1. The number of aromatic carboxylic acids is 1. The van der Waals surface area contributed by atoms with Gasteiger partial charge in [-0.15, -0.1) is 5.10 Å². The van der Waals surface area contributed by atoms with Crippen LogP contribution in [-0.2, 0) is 14.3 Å². The third-order valence-corrected chi connectivity index (χ3v) is 5.12. The van der Waals surface area contributed by atoms with E-state index in [-0.39, 0.29) is 30.3 Å². The first-order chi connectivity index (χ1) is 15.3. The first-order valence-corrected chi connectivity index (χ1v) is 9.88. The number of carbonyl (C=O) groups is 4. The molecule has 0 fully saturated rings. The molecular formula is C23H19N3O6. The summed E-state index contributed by atoms with van der Waals surface area (Å²) in [6.45, 7) is 3.67. The summed E-state index contributed by atoms with van der Waals surface area (Å²) in [6, 6.07) is 12.0. The van der Waals surface area contributed by atoms with E-state index in [0.29, 0.717) is 28.1 Å². The van der Waals surface area contributed by atoms with Gasteiger partial charge in [-0.3, -0.25) is 14.5 Å². The smallest absolute Gasteiger partial charge is 0.338 e. The number of ether oxygens (including phenoxy) is 1. The number of hydrogen-bond donors (Lipinski definition) is 1. The van der Waals surface area contributed by atoms with Crippen molar-refractivity contribution in [1.82, 2.24) is 0 Å². The van der Waals surface area contributed by atoms with Crippen molar-refractivity contribution in [2.75, 3.05) is 16.5 Å². The topological polar surface area (TPSA) is 117 Å². The van der Waals surface area contributed by atoms with E-state index >= 15 is 0 Å². The number of nitrogens with zero attached hydrogens (tertiary/aromatic N) is 3. The average Bonchev–Trinajstić information content (AvgIpc) is 3.11. The Balaban J connectivity index is 1.72. The van der Waals surface area contributed by atoms with Crippen LogP contribution in [0.25, 0.3) is 0 Å². The molecule has 0 unspecified atom stereocenters. The number of amides is 2. The summed E-state index contributed by atoms with van der Waals surface area (Å²) >= 11 is 0. The van der Waals surface area contributed by atoms with Crippen LogP contribution in [0.5, 0.6) is 0 Å². The van der Waals surface area contributed by atoms with Gasteiger partial charge in [0.25, 0.3) is 5.91 Å². The molecule has 0 aromatic heterocycles. The summed E-state index contributed by atoms with van der Waals surface area (Å²) in [5.74, 6) is -2.02. The summed E-state index contributed by atoms with van der Waals surface area (Å²) in [7, 11) is 0. The van der Waals surface area contributed by atoms with Crippen molar-refractivity contribution in [3.63, 3.8) is 0 Å². The molecule has 0 aliphatic carbocycles. The lowest BCUT2D eigenvalue weighted by Gasteiger charge is -2.27. The number of carbonyl (C=O) groups excluding carboxylic acids is 3. The van der Waals surface area contributed by atoms with Crippen molar-refractivity contribution in [2.45, 2.75) is 20.3 Å². The lowest BCUT2D eigenvalue weighted by molar-refractivity contribution is -0.117. The largest absolute Gasteiger partial charge is 0.478 e. The molecule has 2 aliphatic heterocycles. The monoisotopic (exact) mass is 433 g/mol. The fourth-order valence-corrected chi connectivity index (χ4v) is 3.58. The SMILES string of the molecule is CCOC(=O)c1ccc(N2C(=O)CC(C)=C3C(=O)N(c4ccc(C(=O)O)cc4)N=C32)cc1. The van der Waals surface area contributed by atoms with Crippen molar-refractivity contribution in [1.29, 1.82) is 0 Å².